The number of aromatic amines is 1. The van der Waals surface area contributed by atoms with Gasteiger partial charge in [-0.15, -0.1) is 5.10 Å². The summed E-state index contributed by atoms with van der Waals surface area (Å²) in [5, 5.41) is 18.1. The van der Waals surface area contributed by atoms with E-state index in [1.807, 2.05) is 31.2 Å². The fourth-order valence-corrected chi connectivity index (χ4v) is 5.87. The molecular weight excluding hydrogens is 593 g/mol. The predicted molar refractivity (Wildman–Crippen MR) is 164 cm³/mol. The maximum absolute atomic E-state index is 13.6. The van der Waals surface area contributed by atoms with Gasteiger partial charge in [-0.2, -0.15) is 0 Å². The van der Waals surface area contributed by atoms with E-state index in [0.717, 1.165) is 33.6 Å². The summed E-state index contributed by atoms with van der Waals surface area (Å²) in [6.07, 6.45) is 1.91. The lowest BCUT2D eigenvalue weighted by Crippen LogP contribution is -2.32. The van der Waals surface area contributed by atoms with Gasteiger partial charge in [0.15, 0.2) is 10.3 Å². The maximum atomic E-state index is 13.6. The number of ether oxygens (including phenoxy) is 1. The second kappa shape index (κ2) is 11.7. The number of aryl methyl sites for hydroxylation is 2. The van der Waals surface area contributed by atoms with Crippen LogP contribution in [-0.4, -0.2) is 61.0 Å². The third-order valence-corrected chi connectivity index (χ3v) is 7.97. The summed E-state index contributed by atoms with van der Waals surface area (Å²) in [5.41, 5.74) is 6.02. The van der Waals surface area contributed by atoms with Crippen molar-refractivity contribution in [3.05, 3.63) is 98.5 Å². The van der Waals surface area contributed by atoms with Crippen molar-refractivity contribution in [3.63, 3.8) is 0 Å². The van der Waals surface area contributed by atoms with Gasteiger partial charge in [0.1, 0.15) is 5.82 Å². The smallest absolute Gasteiger partial charge is 0.411 e. The molecule has 0 unspecified atom stereocenters. The maximum Gasteiger partial charge on any atom is 0.411 e. The molecule has 0 radical (unpaired) electrons. The van der Waals surface area contributed by atoms with Crippen LogP contribution in [0.3, 0.4) is 0 Å². The fraction of sp³-hybridized carbons (Fsp3) is 0.233. The van der Waals surface area contributed by atoms with Crippen LogP contribution in [0.15, 0.2) is 65.6 Å². The summed E-state index contributed by atoms with van der Waals surface area (Å²) in [4.78, 5) is 34.4. The number of nitrogens with zero attached hydrogens (tertiary/aromatic N) is 6. The molecule has 0 saturated heterocycles. The Balaban J connectivity index is 1.31. The first-order valence-electron chi connectivity index (χ1n) is 13.5. The van der Waals surface area contributed by atoms with Crippen LogP contribution in [0.4, 0.5) is 10.5 Å². The Bertz CT molecular complexity index is 1880. The lowest BCUT2D eigenvalue weighted by atomic mass is 10.0. The number of amides is 1. The highest BCUT2D eigenvalue weighted by Gasteiger charge is 2.29. The Morgan fingerprint density at radius 3 is 2.63 bits per heavy atom. The molecule has 13 heteroatoms. The average Bonchev–Trinajstić information content (AvgIpc) is 3.71. The number of hydrogen-bond acceptors (Lipinski definition) is 6. The second-order valence-corrected chi connectivity index (χ2v) is 11.0. The van der Waals surface area contributed by atoms with Crippen molar-refractivity contribution in [1.29, 1.82) is 0 Å². The molecule has 1 atom stereocenters. The van der Waals surface area contributed by atoms with Crippen LogP contribution in [0.2, 0.25) is 10.3 Å². The van der Waals surface area contributed by atoms with Gasteiger partial charge in [0.25, 0.3) is 5.56 Å². The molecule has 1 amide bonds. The molecule has 0 aliphatic carbocycles. The second-order valence-electron chi connectivity index (χ2n) is 10.3. The van der Waals surface area contributed by atoms with Gasteiger partial charge in [0, 0.05) is 35.7 Å². The molecule has 1 aliphatic heterocycles. The zero-order valence-corrected chi connectivity index (χ0v) is 24.8. The largest absolute Gasteiger partial charge is 0.465 e. The number of halogens is 2. The molecule has 4 heterocycles. The first-order valence-corrected chi connectivity index (χ1v) is 14.3. The van der Waals surface area contributed by atoms with Crippen LogP contribution in [0, 0.1) is 6.92 Å². The highest BCUT2D eigenvalue weighted by molar-refractivity contribution is 6.32. The molecule has 2 N–H and O–H groups in total. The highest BCUT2D eigenvalue weighted by atomic mass is 35.5. The number of H-pyrrole nitrogens is 1. The van der Waals surface area contributed by atoms with Crippen LogP contribution in [0.5, 0.6) is 0 Å². The van der Waals surface area contributed by atoms with E-state index in [4.69, 9.17) is 27.9 Å². The van der Waals surface area contributed by atoms with E-state index < -0.39 is 6.09 Å². The standard InChI is InChI=1S/C30H27Cl2N7O4/c1-17-3-9-23(38-16-25(31)35-36-38)22(13-17)19-14-21-8-10-24(39(21)26(40)15-19)29-33-27(28(32)34-29)18-4-6-20(7-5-18)37(30(41)42)11-12-43-2/h3-7,9,13-16,24H,8,10-12H2,1-2H3,(H,33,34)(H,41,42)/t24-/m0/s1. The number of hydrogen-bond donors (Lipinski definition) is 2. The number of nitrogens with one attached hydrogen (secondary N) is 1. The Hall–Kier alpha value is -4.45. The first kappa shape index (κ1) is 28.7. The van der Waals surface area contributed by atoms with Gasteiger partial charge in [-0.05, 0) is 55.7 Å². The van der Waals surface area contributed by atoms with E-state index in [2.05, 4.69) is 20.3 Å². The monoisotopic (exact) mass is 619 g/mol. The van der Waals surface area contributed by atoms with Crippen molar-refractivity contribution in [2.24, 2.45) is 0 Å². The quantitative estimate of drug-likeness (QED) is 0.225. The molecular formula is C30H27Cl2N7O4. The topological polar surface area (TPSA) is 131 Å². The highest BCUT2D eigenvalue weighted by Crippen LogP contribution is 2.36. The summed E-state index contributed by atoms with van der Waals surface area (Å²) in [6, 6.07) is 16.2. The van der Waals surface area contributed by atoms with Crippen LogP contribution in [0.1, 0.15) is 29.5 Å². The number of carboxylic acid groups (broad SMARTS) is 1. The number of aromatic nitrogens is 6. The minimum Gasteiger partial charge on any atom is -0.465 e. The van der Waals surface area contributed by atoms with E-state index in [9.17, 15) is 14.7 Å². The Kier molecular flexibility index (Phi) is 7.78. The van der Waals surface area contributed by atoms with Crippen molar-refractivity contribution in [3.8, 4) is 28.1 Å². The molecule has 220 valence electrons. The Labute approximate surface area is 256 Å². The lowest BCUT2D eigenvalue weighted by Gasteiger charge is -2.19. The van der Waals surface area contributed by atoms with Gasteiger partial charge in [-0.3, -0.25) is 9.69 Å². The molecule has 2 aromatic carbocycles. The molecule has 3 aromatic heterocycles. The number of rotatable bonds is 8. The van der Waals surface area contributed by atoms with Crippen molar-refractivity contribution in [1.82, 2.24) is 29.5 Å². The summed E-state index contributed by atoms with van der Waals surface area (Å²) in [6.45, 7) is 2.47. The number of imidazole rings is 1. The van der Waals surface area contributed by atoms with E-state index in [1.54, 1.807) is 45.8 Å². The van der Waals surface area contributed by atoms with E-state index in [0.29, 0.717) is 30.0 Å². The summed E-state index contributed by atoms with van der Waals surface area (Å²) >= 11 is 12.6. The van der Waals surface area contributed by atoms with Crippen LogP contribution in [-0.2, 0) is 11.2 Å². The first-order chi connectivity index (χ1) is 20.7. The number of fused-ring (bicyclic) bond motifs is 1. The van der Waals surface area contributed by atoms with Crippen LogP contribution < -0.4 is 10.5 Å². The normalized spacial score (nSPS) is 14.2. The molecule has 0 saturated carbocycles. The van der Waals surface area contributed by atoms with Crippen LogP contribution in [0.25, 0.3) is 28.1 Å². The Morgan fingerprint density at radius 1 is 1.14 bits per heavy atom. The number of carbonyl (C=O) groups is 1. The zero-order chi connectivity index (χ0) is 30.2. The van der Waals surface area contributed by atoms with Crippen molar-refractivity contribution < 1.29 is 14.6 Å². The van der Waals surface area contributed by atoms with E-state index >= 15 is 0 Å². The fourth-order valence-electron chi connectivity index (χ4n) is 5.50. The van der Waals surface area contributed by atoms with Gasteiger partial charge >= 0.3 is 6.09 Å². The number of anilines is 1. The molecule has 0 bridgehead atoms. The van der Waals surface area contributed by atoms with Crippen molar-refractivity contribution in [2.45, 2.75) is 25.8 Å². The van der Waals surface area contributed by atoms with E-state index in [-0.39, 0.29) is 35.1 Å². The summed E-state index contributed by atoms with van der Waals surface area (Å²) < 4.78 is 8.38. The molecule has 0 fully saturated rings. The summed E-state index contributed by atoms with van der Waals surface area (Å²) in [5.74, 6) is 0.582. The average molecular weight is 620 g/mol. The SMILES string of the molecule is COCCN(C(=O)O)c1ccc(-c2[nH]c([C@@H]3CCc4cc(-c5cc(C)ccc5-n5cc(Cl)nn5)cc(=O)n43)nc2Cl)cc1. The van der Waals surface area contributed by atoms with Gasteiger partial charge in [0.2, 0.25) is 0 Å². The molecule has 5 aromatic rings. The summed E-state index contributed by atoms with van der Waals surface area (Å²) in [7, 11) is 1.52. The van der Waals surface area contributed by atoms with Crippen LogP contribution >= 0.6 is 23.2 Å². The minimum absolute atomic E-state index is 0.151. The van der Waals surface area contributed by atoms with Gasteiger partial charge < -0.3 is 19.4 Å². The minimum atomic E-state index is -1.07. The number of methoxy groups -OCH3 is 1. The zero-order valence-electron chi connectivity index (χ0n) is 23.3. The van der Waals surface area contributed by atoms with Gasteiger partial charge in [-0.1, -0.05) is 52.2 Å². The lowest BCUT2D eigenvalue weighted by molar-refractivity contribution is 0.186. The predicted octanol–water partition coefficient (Wildman–Crippen LogP) is 5.77. The molecule has 6 rings (SSSR count). The number of benzene rings is 2. The molecule has 11 nitrogen and oxygen atoms in total. The third-order valence-electron chi connectivity index (χ3n) is 7.52. The molecule has 43 heavy (non-hydrogen) atoms. The molecule has 0 spiro atoms. The van der Waals surface area contributed by atoms with Crippen molar-refractivity contribution in [2.75, 3.05) is 25.2 Å². The van der Waals surface area contributed by atoms with Crippen molar-refractivity contribution >= 4 is 35.0 Å². The third kappa shape index (κ3) is 5.54. The van der Waals surface area contributed by atoms with Gasteiger partial charge in [-0.25, -0.2) is 14.5 Å². The Morgan fingerprint density at radius 2 is 1.93 bits per heavy atom. The van der Waals surface area contributed by atoms with Gasteiger partial charge in [0.05, 0.1) is 36.8 Å². The van der Waals surface area contributed by atoms with E-state index in [1.165, 1.54) is 12.0 Å². The number of pyridine rings is 1. The molecule has 1 aliphatic rings.